The molecule has 11 heteroatoms. The Labute approximate surface area is 226 Å². The van der Waals surface area contributed by atoms with Crippen molar-refractivity contribution in [2.45, 2.75) is 57.0 Å². The molecule has 0 fully saturated rings. The number of nitrogens with zero attached hydrogens (tertiary/aromatic N) is 2. The summed E-state index contributed by atoms with van der Waals surface area (Å²) in [5, 5.41) is 20.2. The van der Waals surface area contributed by atoms with Crippen molar-refractivity contribution in [2.75, 3.05) is 22.7 Å². The van der Waals surface area contributed by atoms with Crippen molar-refractivity contribution in [2.24, 2.45) is 0 Å². The number of anilines is 2. The SMILES string of the molecule is CCCCCS(=O)(=O)c1ccccc1N(c1c(C)n(CC(=O)O)c2ccc(F)cc12)[C@@H](CCSC)C(=O)O. The van der Waals surface area contributed by atoms with Gasteiger partial charge in [0.05, 0.1) is 27.5 Å². The molecule has 38 heavy (non-hydrogen) atoms. The van der Waals surface area contributed by atoms with Gasteiger partial charge in [-0.25, -0.2) is 17.6 Å². The van der Waals surface area contributed by atoms with Crippen LogP contribution in [0.2, 0.25) is 0 Å². The molecule has 8 nitrogen and oxygen atoms in total. The Hall–Kier alpha value is -3.05. The van der Waals surface area contributed by atoms with E-state index in [1.165, 1.54) is 45.5 Å². The maximum atomic E-state index is 14.5. The zero-order valence-electron chi connectivity index (χ0n) is 21.7. The largest absolute Gasteiger partial charge is 0.480 e. The summed E-state index contributed by atoms with van der Waals surface area (Å²) in [7, 11) is -3.80. The standard InChI is InChI=1S/C27H33FN2O6S2/c1-4-5-8-15-38(35,36)24-10-7-6-9-22(24)30(23(27(33)34)13-14-37-3)26-18(2)29(17-25(31)32)21-12-11-19(28)16-20(21)26/h6-7,9-12,16,23H,4-5,8,13-15,17H2,1-3H3,(H,31,32)(H,33,34)/t23-/m0/s1. The number of halogens is 1. The number of thioether (sulfide) groups is 1. The molecule has 0 saturated carbocycles. The molecule has 0 aliphatic heterocycles. The number of carbonyl (C=O) groups is 2. The van der Waals surface area contributed by atoms with Crippen LogP contribution in [0.15, 0.2) is 47.4 Å². The Kier molecular flexibility index (Phi) is 9.83. The second kappa shape index (κ2) is 12.7. The first-order chi connectivity index (χ1) is 18.0. The molecule has 1 atom stereocenters. The van der Waals surface area contributed by atoms with E-state index in [1.54, 1.807) is 25.1 Å². The Balaban J connectivity index is 2.39. The summed E-state index contributed by atoms with van der Waals surface area (Å²) in [5.41, 5.74) is 1.23. The summed E-state index contributed by atoms with van der Waals surface area (Å²) >= 11 is 1.45. The molecule has 206 valence electrons. The first kappa shape index (κ1) is 29.5. The van der Waals surface area contributed by atoms with Crippen LogP contribution in [0.5, 0.6) is 0 Å². The maximum absolute atomic E-state index is 14.5. The zero-order valence-corrected chi connectivity index (χ0v) is 23.3. The molecule has 3 aromatic rings. The van der Waals surface area contributed by atoms with E-state index in [0.717, 1.165) is 12.8 Å². The summed E-state index contributed by atoms with van der Waals surface area (Å²) in [6, 6.07) is 8.94. The van der Waals surface area contributed by atoms with Gasteiger partial charge in [-0.05, 0) is 62.1 Å². The van der Waals surface area contributed by atoms with Crippen LogP contribution < -0.4 is 4.90 Å². The smallest absolute Gasteiger partial charge is 0.326 e. The van der Waals surface area contributed by atoms with Gasteiger partial charge in [-0.2, -0.15) is 11.8 Å². The number of hydrogen-bond acceptors (Lipinski definition) is 6. The van der Waals surface area contributed by atoms with Crippen molar-refractivity contribution < 1.29 is 32.6 Å². The average molecular weight is 565 g/mol. The number of unbranched alkanes of at least 4 members (excludes halogenated alkanes) is 2. The van der Waals surface area contributed by atoms with Crippen molar-refractivity contribution >= 4 is 55.8 Å². The third kappa shape index (κ3) is 6.32. The Morgan fingerprint density at radius 1 is 1.13 bits per heavy atom. The minimum absolute atomic E-state index is 0.0126. The van der Waals surface area contributed by atoms with Crippen LogP contribution in [0.4, 0.5) is 15.8 Å². The number of hydrogen-bond donors (Lipinski definition) is 2. The second-order valence-electron chi connectivity index (χ2n) is 9.07. The van der Waals surface area contributed by atoms with Gasteiger partial charge < -0.3 is 19.7 Å². The molecule has 0 bridgehead atoms. The number of para-hydroxylation sites is 1. The number of aromatic nitrogens is 1. The highest BCUT2D eigenvalue weighted by Crippen LogP contribution is 2.42. The summed E-state index contributed by atoms with van der Waals surface area (Å²) in [5.74, 6) is -2.50. The Bertz CT molecular complexity index is 1420. The van der Waals surface area contributed by atoms with Gasteiger partial charge in [-0.3, -0.25) is 4.79 Å². The predicted octanol–water partition coefficient (Wildman–Crippen LogP) is 5.48. The quantitative estimate of drug-likeness (QED) is 0.247. The van der Waals surface area contributed by atoms with Crippen molar-refractivity contribution in [3.63, 3.8) is 0 Å². The van der Waals surface area contributed by atoms with E-state index in [9.17, 15) is 32.6 Å². The number of fused-ring (bicyclic) bond motifs is 1. The van der Waals surface area contributed by atoms with Crippen LogP contribution in [0.1, 0.15) is 38.3 Å². The van der Waals surface area contributed by atoms with Crippen LogP contribution >= 0.6 is 11.8 Å². The molecule has 2 N–H and O–H groups in total. The molecule has 0 radical (unpaired) electrons. The van der Waals surface area contributed by atoms with Crippen molar-refractivity contribution in [1.29, 1.82) is 0 Å². The normalized spacial score (nSPS) is 12.5. The first-order valence-electron chi connectivity index (χ1n) is 12.4. The average Bonchev–Trinajstić information content (AvgIpc) is 3.11. The lowest BCUT2D eigenvalue weighted by atomic mass is 10.1. The molecular weight excluding hydrogens is 531 g/mol. The number of benzene rings is 2. The fourth-order valence-electron chi connectivity index (χ4n) is 4.69. The molecule has 0 aliphatic rings. The van der Waals surface area contributed by atoms with Crippen molar-refractivity contribution in [3.05, 3.63) is 54.0 Å². The molecule has 0 spiro atoms. The molecule has 0 saturated heterocycles. The first-order valence-corrected chi connectivity index (χ1v) is 15.4. The molecule has 1 aromatic heterocycles. The van der Waals surface area contributed by atoms with E-state index in [0.29, 0.717) is 28.8 Å². The number of carboxylic acid groups (broad SMARTS) is 2. The maximum Gasteiger partial charge on any atom is 0.326 e. The zero-order chi connectivity index (χ0) is 28.0. The molecule has 3 rings (SSSR count). The van der Waals surface area contributed by atoms with Gasteiger partial charge in [0.2, 0.25) is 0 Å². The van der Waals surface area contributed by atoms with Gasteiger partial charge in [0, 0.05) is 11.1 Å². The van der Waals surface area contributed by atoms with Gasteiger partial charge in [0.25, 0.3) is 0 Å². The Morgan fingerprint density at radius 2 is 1.84 bits per heavy atom. The fraction of sp³-hybridized carbons (Fsp3) is 0.407. The highest BCUT2D eigenvalue weighted by Gasteiger charge is 2.34. The fourth-order valence-corrected chi connectivity index (χ4v) is 6.72. The van der Waals surface area contributed by atoms with Gasteiger partial charge >= 0.3 is 11.9 Å². The summed E-state index contributed by atoms with van der Waals surface area (Å²) in [6.07, 6.45) is 4.05. The van der Waals surface area contributed by atoms with Crippen molar-refractivity contribution in [3.8, 4) is 0 Å². The van der Waals surface area contributed by atoms with Crippen LogP contribution in [0.3, 0.4) is 0 Å². The van der Waals surface area contributed by atoms with Gasteiger partial charge in [0.1, 0.15) is 18.4 Å². The third-order valence-electron chi connectivity index (χ3n) is 6.45. The molecule has 0 amide bonds. The summed E-state index contributed by atoms with van der Waals surface area (Å²) in [6.45, 7) is 3.18. The van der Waals surface area contributed by atoms with E-state index in [1.807, 2.05) is 13.2 Å². The number of sulfone groups is 1. The van der Waals surface area contributed by atoms with E-state index in [4.69, 9.17) is 0 Å². The van der Waals surface area contributed by atoms with Crippen molar-refractivity contribution in [1.82, 2.24) is 4.57 Å². The molecule has 0 unspecified atom stereocenters. The summed E-state index contributed by atoms with van der Waals surface area (Å²) in [4.78, 5) is 25.8. The molecule has 1 heterocycles. The molecular formula is C27H33FN2O6S2. The van der Waals surface area contributed by atoms with Gasteiger partial charge in [0.15, 0.2) is 9.84 Å². The Morgan fingerprint density at radius 3 is 2.47 bits per heavy atom. The second-order valence-corrected chi connectivity index (χ2v) is 12.1. The molecule has 0 aliphatic carbocycles. The monoisotopic (exact) mass is 564 g/mol. The third-order valence-corrected chi connectivity index (χ3v) is 8.94. The lowest BCUT2D eigenvalue weighted by Gasteiger charge is -2.33. The topological polar surface area (TPSA) is 117 Å². The number of carboxylic acids is 2. The number of rotatable bonds is 14. The summed E-state index contributed by atoms with van der Waals surface area (Å²) < 4.78 is 43.0. The minimum Gasteiger partial charge on any atom is -0.480 e. The van der Waals surface area contributed by atoms with Crippen LogP contribution in [-0.2, 0) is 26.0 Å². The highest BCUT2D eigenvalue weighted by molar-refractivity contribution is 7.98. The molecule has 2 aromatic carbocycles. The van der Waals surface area contributed by atoms with Crippen LogP contribution in [-0.4, -0.2) is 58.9 Å². The minimum atomic E-state index is -3.80. The lowest BCUT2D eigenvalue weighted by molar-refractivity contribution is -0.139. The lowest BCUT2D eigenvalue weighted by Crippen LogP contribution is -2.39. The van der Waals surface area contributed by atoms with E-state index in [-0.39, 0.29) is 28.4 Å². The van der Waals surface area contributed by atoms with Gasteiger partial charge in [-0.1, -0.05) is 31.9 Å². The van der Waals surface area contributed by atoms with Crippen LogP contribution in [0, 0.1) is 12.7 Å². The van der Waals surface area contributed by atoms with E-state index < -0.39 is 40.2 Å². The predicted molar refractivity (Wildman–Crippen MR) is 149 cm³/mol. The van der Waals surface area contributed by atoms with Crippen LogP contribution in [0.25, 0.3) is 10.9 Å². The van der Waals surface area contributed by atoms with E-state index >= 15 is 0 Å². The van der Waals surface area contributed by atoms with E-state index in [2.05, 4.69) is 0 Å². The number of aliphatic carboxylic acids is 2. The highest BCUT2D eigenvalue weighted by atomic mass is 32.2. The van der Waals surface area contributed by atoms with Gasteiger partial charge in [-0.15, -0.1) is 0 Å².